The van der Waals surface area contributed by atoms with E-state index in [0.717, 1.165) is 0 Å². The SMILES string of the molecule is COC(=O)c1nc(C#CCC(=O)O)cn1C. The number of carboxylic acids is 1. The highest BCUT2D eigenvalue weighted by molar-refractivity contribution is 5.85. The average molecular weight is 222 g/mol. The van der Waals surface area contributed by atoms with E-state index in [-0.39, 0.29) is 12.2 Å². The van der Waals surface area contributed by atoms with Crippen LogP contribution >= 0.6 is 0 Å². The van der Waals surface area contributed by atoms with Gasteiger partial charge in [0.05, 0.1) is 7.11 Å². The molecule has 0 fully saturated rings. The monoisotopic (exact) mass is 222 g/mol. The molecule has 1 rings (SSSR count). The van der Waals surface area contributed by atoms with Gasteiger partial charge in [-0.15, -0.1) is 0 Å². The predicted molar refractivity (Wildman–Crippen MR) is 53.7 cm³/mol. The minimum absolute atomic E-state index is 0.127. The summed E-state index contributed by atoms with van der Waals surface area (Å²) in [6.07, 6.45) is 1.27. The van der Waals surface area contributed by atoms with Crippen molar-refractivity contribution < 1.29 is 19.4 Å². The summed E-state index contributed by atoms with van der Waals surface area (Å²) in [7, 11) is 2.88. The number of methoxy groups -OCH3 is 1. The Bertz CT molecular complexity index is 479. The van der Waals surface area contributed by atoms with Gasteiger partial charge in [-0.2, -0.15) is 0 Å². The fraction of sp³-hybridized carbons (Fsp3) is 0.300. The van der Waals surface area contributed by atoms with Crippen LogP contribution in [0.2, 0.25) is 0 Å². The van der Waals surface area contributed by atoms with Crippen LogP contribution in [0, 0.1) is 11.8 Å². The molecule has 84 valence electrons. The van der Waals surface area contributed by atoms with E-state index in [0.29, 0.717) is 5.69 Å². The first kappa shape index (κ1) is 11.8. The van der Waals surface area contributed by atoms with Crippen LogP contribution < -0.4 is 0 Å². The van der Waals surface area contributed by atoms with E-state index in [9.17, 15) is 9.59 Å². The Kier molecular flexibility index (Phi) is 3.67. The van der Waals surface area contributed by atoms with E-state index in [2.05, 4.69) is 21.6 Å². The maximum absolute atomic E-state index is 11.2. The number of imidazole rings is 1. The summed E-state index contributed by atoms with van der Waals surface area (Å²) in [6.45, 7) is 0. The second kappa shape index (κ2) is 4.98. The van der Waals surface area contributed by atoms with Gasteiger partial charge in [-0.05, 0) is 5.92 Å². The molecule has 0 saturated heterocycles. The molecule has 1 aromatic heterocycles. The van der Waals surface area contributed by atoms with Crippen LogP contribution in [0.5, 0.6) is 0 Å². The van der Waals surface area contributed by atoms with Gasteiger partial charge < -0.3 is 14.4 Å². The number of hydrogen-bond acceptors (Lipinski definition) is 4. The summed E-state index contributed by atoms with van der Waals surface area (Å²) in [5.41, 5.74) is 0.337. The number of carbonyl (C=O) groups excluding carboxylic acids is 1. The largest absolute Gasteiger partial charge is 0.481 e. The summed E-state index contributed by atoms with van der Waals surface area (Å²) in [4.78, 5) is 25.3. The van der Waals surface area contributed by atoms with E-state index < -0.39 is 11.9 Å². The van der Waals surface area contributed by atoms with Crippen molar-refractivity contribution in [2.75, 3.05) is 7.11 Å². The van der Waals surface area contributed by atoms with Crippen molar-refractivity contribution in [3.05, 3.63) is 17.7 Å². The zero-order valence-corrected chi connectivity index (χ0v) is 8.85. The lowest BCUT2D eigenvalue weighted by molar-refractivity contribution is -0.135. The minimum atomic E-state index is -1.00. The Morgan fingerprint density at radius 1 is 1.62 bits per heavy atom. The molecule has 1 N–H and O–H groups in total. The van der Waals surface area contributed by atoms with Crippen molar-refractivity contribution >= 4 is 11.9 Å². The molecule has 0 unspecified atom stereocenters. The summed E-state index contributed by atoms with van der Waals surface area (Å²) >= 11 is 0. The van der Waals surface area contributed by atoms with Gasteiger partial charge in [0.25, 0.3) is 0 Å². The van der Waals surface area contributed by atoms with Crippen LogP contribution in [0.4, 0.5) is 0 Å². The Morgan fingerprint density at radius 3 is 2.88 bits per heavy atom. The minimum Gasteiger partial charge on any atom is -0.481 e. The summed E-state index contributed by atoms with van der Waals surface area (Å²) < 4.78 is 5.98. The molecule has 0 radical (unpaired) electrons. The van der Waals surface area contributed by atoms with Crippen LogP contribution in [-0.2, 0) is 16.6 Å². The van der Waals surface area contributed by atoms with Gasteiger partial charge in [0.2, 0.25) is 5.82 Å². The third kappa shape index (κ3) is 2.85. The topological polar surface area (TPSA) is 81.4 Å². The van der Waals surface area contributed by atoms with Crippen LogP contribution in [-0.4, -0.2) is 33.7 Å². The number of ether oxygens (including phenoxy) is 1. The Hall–Kier alpha value is -2.29. The second-order valence-corrected chi connectivity index (χ2v) is 2.92. The van der Waals surface area contributed by atoms with Crippen molar-refractivity contribution in [2.24, 2.45) is 7.05 Å². The number of aryl methyl sites for hydroxylation is 1. The fourth-order valence-electron chi connectivity index (χ4n) is 1.02. The average Bonchev–Trinajstić information content (AvgIpc) is 2.58. The normalized spacial score (nSPS) is 9.12. The van der Waals surface area contributed by atoms with Crippen molar-refractivity contribution in [1.29, 1.82) is 0 Å². The first-order valence-electron chi connectivity index (χ1n) is 4.37. The number of aromatic nitrogens is 2. The first-order chi connectivity index (χ1) is 7.54. The van der Waals surface area contributed by atoms with Crippen molar-refractivity contribution in [2.45, 2.75) is 6.42 Å². The maximum atomic E-state index is 11.2. The van der Waals surface area contributed by atoms with E-state index in [4.69, 9.17) is 5.11 Å². The lowest BCUT2D eigenvalue weighted by Gasteiger charge is -1.96. The standard InChI is InChI=1S/C10H10N2O4/c1-12-6-7(4-3-5-8(13)14)11-9(12)10(15)16-2/h6H,5H2,1-2H3,(H,13,14). The van der Waals surface area contributed by atoms with E-state index in [1.54, 1.807) is 7.05 Å². The zero-order valence-electron chi connectivity index (χ0n) is 8.85. The van der Waals surface area contributed by atoms with E-state index >= 15 is 0 Å². The third-order valence-electron chi connectivity index (χ3n) is 1.70. The van der Waals surface area contributed by atoms with Crippen LogP contribution in [0.3, 0.4) is 0 Å². The number of hydrogen-bond donors (Lipinski definition) is 1. The lowest BCUT2D eigenvalue weighted by atomic mass is 10.4. The Labute approximate surface area is 91.9 Å². The molecule has 0 aliphatic heterocycles. The summed E-state index contributed by atoms with van der Waals surface area (Å²) in [6, 6.07) is 0. The quantitative estimate of drug-likeness (QED) is 0.564. The van der Waals surface area contributed by atoms with Gasteiger partial charge in [-0.25, -0.2) is 9.78 Å². The van der Waals surface area contributed by atoms with Gasteiger partial charge in [-0.3, -0.25) is 4.79 Å². The molecule has 6 heteroatoms. The van der Waals surface area contributed by atoms with E-state index in [1.165, 1.54) is 17.9 Å². The van der Waals surface area contributed by atoms with Gasteiger partial charge in [0.15, 0.2) is 0 Å². The molecule has 1 aromatic rings. The zero-order chi connectivity index (χ0) is 12.1. The highest BCUT2D eigenvalue weighted by Gasteiger charge is 2.12. The fourth-order valence-corrected chi connectivity index (χ4v) is 1.02. The number of carboxylic acid groups (broad SMARTS) is 1. The Balaban J connectivity index is 2.87. The molecule has 0 saturated carbocycles. The second-order valence-electron chi connectivity index (χ2n) is 2.92. The molecule has 0 spiro atoms. The number of nitrogens with zero attached hydrogens (tertiary/aromatic N) is 2. The molecule has 0 aliphatic rings. The molecule has 16 heavy (non-hydrogen) atoms. The van der Waals surface area contributed by atoms with Gasteiger partial charge in [0.1, 0.15) is 12.1 Å². The van der Waals surface area contributed by atoms with Crippen LogP contribution in [0.15, 0.2) is 6.20 Å². The van der Waals surface area contributed by atoms with Gasteiger partial charge in [0, 0.05) is 13.2 Å². The highest BCUT2D eigenvalue weighted by Crippen LogP contribution is 2.01. The van der Waals surface area contributed by atoms with Gasteiger partial charge in [-0.1, -0.05) is 5.92 Å². The molecule has 0 atom stereocenters. The first-order valence-corrected chi connectivity index (χ1v) is 4.37. The Morgan fingerprint density at radius 2 is 2.31 bits per heavy atom. The third-order valence-corrected chi connectivity index (χ3v) is 1.70. The summed E-state index contributed by atoms with van der Waals surface area (Å²) in [5.74, 6) is 3.53. The number of carbonyl (C=O) groups is 2. The molecule has 1 heterocycles. The summed E-state index contributed by atoms with van der Waals surface area (Å²) in [5, 5.41) is 8.38. The number of aliphatic carboxylic acids is 1. The molecular weight excluding hydrogens is 212 g/mol. The lowest BCUT2D eigenvalue weighted by Crippen LogP contribution is -2.08. The molecule has 0 aromatic carbocycles. The molecule has 0 amide bonds. The number of rotatable bonds is 2. The van der Waals surface area contributed by atoms with E-state index in [1.807, 2.05) is 0 Å². The van der Waals surface area contributed by atoms with Crippen LogP contribution in [0.25, 0.3) is 0 Å². The molecule has 0 bridgehead atoms. The van der Waals surface area contributed by atoms with Crippen LogP contribution in [0.1, 0.15) is 22.7 Å². The number of esters is 1. The van der Waals surface area contributed by atoms with Gasteiger partial charge >= 0.3 is 11.9 Å². The predicted octanol–water partition coefficient (Wildman–Crippen LogP) is 0.0329. The molecule has 0 aliphatic carbocycles. The van der Waals surface area contributed by atoms with Crippen molar-refractivity contribution in [3.63, 3.8) is 0 Å². The van der Waals surface area contributed by atoms with Crippen molar-refractivity contribution in [1.82, 2.24) is 9.55 Å². The molecular formula is C10H10N2O4. The maximum Gasteiger partial charge on any atom is 0.374 e. The van der Waals surface area contributed by atoms with Crippen molar-refractivity contribution in [3.8, 4) is 11.8 Å². The smallest absolute Gasteiger partial charge is 0.374 e. The molecule has 6 nitrogen and oxygen atoms in total. The highest BCUT2D eigenvalue weighted by atomic mass is 16.5.